The van der Waals surface area contributed by atoms with Crippen LogP contribution in [0.15, 0.2) is 48.5 Å². The number of hydrogen-bond donors (Lipinski definition) is 1. The van der Waals surface area contributed by atoms with Crippen LogP contribution in [0.5, 0.6) is 0 Å². The summed E-state index contributed by atoms with van der Waals surface area (Å²) >= 11 is 0. The van der Waals surface area contributed by atoms with Gasteiger partial charge in [-0.25, -0.2) is 0 Å². The number of hydrogen-bond acceptors (Lipinski definition) is 4. The fourth-order valence-electron chi connectivity index (χ4n) is 4.97. The topological polar surface area (TPSA) is 55.9 Å². The molecule has 1 aliphatic rings. The Morgan fingerprint density at radius 1 is 0.914 bits per heavy atom. The molecule has 1 aliphatic heterocycles. The van der Waals surface area contributed by atoms with E-state index in [0.29, 0.717) is 0 Å². The molecule has 3 rings (SSSR count). The predicted octanol–water partition coefficient (Wildman–Crippen LogP) is 5.10. The molecule has 2 aromatic rings. The van der Waals surface area contributed by atoms with Crippen molar-refractivity contribution in [1.29, 1.82) is 0 Å². The fourth-order valence-corrected chi connectivity index (χ4v) is 4.97. The lowest BCUT2D eigenvalue weighted by molar-refractivity contribution is -0.137. The Balaban J connectivity index is 1.70. The Morgan fingerprint density at radius 2 is 1.54 bits per heavy atom. The predicted molar refractivity (Wildman–Crippen MR) is 145 cm³/mol. The number of carbonyl (C=O) groups excluding carboxylic acids is 2. The largest absolute Gasteiger partial charge is 0.369 e. The second-order valence-electron chi connectivity index (χ2n) is 9.35. The zero-order valence-corrected chi connectivity index (χ0v) is 22.1. The van der Waals surface area contributed by atoms with E-state index in [2.05, 4.69) is 60.2 Å². The number of amides is 2. The standard InChI is InChI=1S/C29H42N4O2/c1-6-23(7-2)28(34)30-26-16-15-25(21-22(26)5)32-17-19-33(20-18-32)27(24-13-11-10-12-14-24)29(35)31(8-3)9-4/h10-16,21,23,27H,6-9,17-20H2,1-5H3,(H,30,34). The molecule has 2 aromatic carbocycles. The molecule has 6 nitrogen and oxygen atoms in total. The van der Waals surface area contributed by atoms with E-state index < -0.39 is 0 Å². The van der Waals surface area contributed by atoms with Crippen LogP contribution in [0.3, 0.4) is 0 Å². The summed E-state index contributed by atoms with van der Waals surface area (Å²) in [6.45, 7) is 15.0. The highest BCUT2D eigenvalue weighted by Gasteiger charge is 2.32. The number of piperazine rings is 1. The van der Waals surface area contributed by atoms with Crippen LogP contribution in [0.25, 0.3) is 0 Å². The van der Waals surface area contributed by atoms with Gasteiger partial charge in [0.15, 0.2) is 0 Å². The van der Waals surface area contributed by atoms with Crippen LogP contribution in [0.4, 0.5) is 11.4 Å². The third-order valence-corrected chi connectivity index (χ3v) is 7.29. The van der Waals surface area contributed by atoms with Crippen LogP contribution in [0.2, 0.25) is 0 Å². The van der Waals surface area contributed by atoms with Crippen LogP contribution in [0.1, 0.15) is 57.7 Å². The maximum atomic E-state index is 13.5. The molecule has 1 saturated heterocycles. The van der Waals surface area contributed by atoms with E-state index in [-0.39, 0.29) is 23.8 Å². The van der Waals surface area contributed by atoms with Crippen molar-refractivity contribution in [2.45, 2.75) is 53.5 Å². The molecule has 0 saturated carbocycles. The van der Waals surface area contributed by atoms with E-state index >= 15 is 0 Å². The first-order chi connectivity index (χ1) is 16.9. The van der Waals surface area contributed by atoms with Gasteiger partial charge in [-0.05, 0) is 62.9 Å². The van der Waals surface area contributed by atoms with Crippen molar-refractivity contribution in [3.05, 3.63) is 59.7 Å². The van der Waals surface area contributed by atoms with Gasteiger partial charge in [-0.2, -0.15) is 0 Å². The molecule has 1 fully saturated rings. The van der Waals surface area contributed by atoms with Crippen molar-refractivity contribution in [2.75, 3.05) is 49.5 Å². The first-order valence-electron chi connectivity index (χ1n) is 13.2. The minimum Gasteiger partial charge on any atom is -0.369 e. The maximum Gasteiger partial charge on any atom is 0.244 e. The normalized spacial score (nSPS) is 15.2. The van der Waals surface area contributed by atoms with E-state index in [1.54, 1.807) is 0 Å². The molecule has 1 atom stereocenters. The summed E-state index contributed by atoms with van der Waals surface area (Å²) in [6.07, 6.45) is 1.70. The summed E-state index contributed by atoms with van der Waals surface area (Å²) in [4.78, 5) is 32.6. The minimum atomic E-state index is -0.248. The van der Waals surface area contributed by atoms with Gasteiger partial charge in [-0.3, -0.25) is 14.5 Å². The monoisotopic (exact) mass is 478 g/mol. The molecule has 0 radical (unpaired) electrons. The van der Waals surface area contributed by atoms with Gasteiger partial charge in [0.1, 0.15) is 6.04 Å². The molecule has 0 aromatic heterocycles. The lowest BCUT2D eigenvalue weighted by Gasteiger charge is -2.41. The second-order valence-corrected chi connectivity index (χ2v) is 9.35. The van der Waals surface area contributed by atoms with Gasteiger partial charge < -0.3 is 15.1 Å². The van der Waals surface area contributed by atoms with Crippen LogP contribution >= 0.6 is 0 Å². The third kappa shape index (κ3) is 6.43. The summed E-state index contributed by atoms with van der Waals surface area (Å²) in [5, 5.41) is 3.11. The minimum absolute atomic E-state index is 0.0544. The molecular formula is C29H42N4O2. The summed E-state index contributed by atoms with van der Waals surface area (Å²) in [5.74, 6) is 0.339. The van der Waals surface area contributed by atoms with E-state index in [9.17, 15) is 9.59 Å². The van der Waals surface area contributed by atoms with Gasteiger partial charge in [-0.1, -0.05) is 44.2 Å². The van der Waals surface area contributed by atoms with Gasteiger partial charge in [0, 0.05) is 56.6 Å². The summed E-state index contributed by atoms with van der Waals surface area (Å²) < 4.78 is 0. The molecule has 35 heavy (non-hydrogen) atoms. The molecule has 6 heteroatoms. The van der Waals surface area contributed by atoms with E-state index in [0.717, 1.165) is 74.6 Å². The lowest BCUT2D eigenvalue weighted by Crippen LogP contribution is -2.51. The van der Waals surface area contributed by atoms with Crippen LogP contribution < -0.4 is 10.2 Å². The Labute approximate surface area is 211 Å². The molecule has 1 heterocycles. The van der Waals surface area contributed by atoms with Gasteiger partial charge in [-0.15, -0.1) is 0 Å². The maximum absolute atomic E-state index is 13.5. The zero-order valence-electron chi connectivity index (χ0n) is 22.1. The van der Waals surface area contributed by atoms with Gasteiger partial charge in [0.25, 0.3) is 0 Å². The van der Waals surface area contributed by atoms with E-state index in [4.69, 9.17) is 0 Å². The number of aryl methyl sites for hydroxylation is 1. The number of benzene rings is 2. The van der Waals surface area contributed by atoms with Crippen molar-refractivity contribution < 1.29 is 9.59 Å². The third-order valence-electron chi connectivity index (χ3n) is 7.29. The summed E-state index contributed by atoms with van der Waals surface area (Å²) in [6, 6.07) is 16.2. The average molecular weight is 479 g/mol. The lowest BCUT2D eigenvalue weighted by atomic mass is 10.0. The zero-order chi connectivity index (χ0) is 25.4. The van der Waals surface area contributed by atoms with Crippen molar-refractivity contribution in [3.63, 3.8) is 0 Å². The number of likely N-dealkylation sites (N-methyl/N-ethyl adjacent to an activating group) is 1. The molecule has 0 bridgehead atoms. The molecule has 0 aliphatic carbocycles. The second kappa shape index (κ2) is 12.7. The van der Waals surface area contributed by atoms with Crippen LogP contribution in [-0.2, 0) is 9.59 Å². The number of anilines is 2. The Bertz CT molecular complexity index is 962. The quantitative estimate of drug-likeness (QED) is 0.516. The molecule has 0 spiro atoms. The van der Waals surface area contributed by atoms with E-state index in [1.165, 1.54) is 0 Å². The first-order valence-corrected chi connectivity index (χ1v) is 13.2. The highest BCUT2D eigenvalue weighted by molar-refractivity contribution is 5.93. The van der Waals surface area contributed by atoms with Crippen molar-refractivity contribution in [3.8, 4) is 0 Å². The Hall–Kier alpha value is -2.86. The van der Waals surface area contributed by atoms with E-state index in [1.807, 2.05) is 43.0 Å². The highest BCUT2D eigenvalue weighted by atomic mass is 16.2. The van der Waals surface area contributed by atoms with Crippen molar-refractivity contribution >= 4 is 23.2 Å². The van der Waals surface area contributed by atoms with Crippen molar-refractivity contribution in [1.82, 2.24) is 9.80 Å². The van der Waals surface area contributed by atoms with Crippen LogP contribution in [-0.4, -0.2) is 60.9 Å². The smallest absolute Gasteiger partial charge is 0.244 e. The summed E-state index contributed by atoms with van der Waals surface area (Å²) in [5.41, 5.74) is 4.18. The molecule has 2 amide bonds. The van der Waals surface area contributed by atoms with Gasteiger partial charge in [0.2, 0.25) is 11.8 Å². The van der Waals surface area contributed by atoms with Crippen molar-refractivity contribution in [2.24, 2.45) is 5.92 Å². The van der Waals surface area contributed by atoms with Crippen LogP contribution in [0, 0.1) is 12.8 Å². The first kappa shape index (κ1) is 26.7. The number of carbonyl (C=O) groups is 2. The van der Waals surface area contributed by atoms with Gasteiger partial charge >= 0.3 is 0 Å². The number of rotatable bonds is 10. The average Bonchev–Trinajstić information content (AvgIpc) is 2.88. The Kier molecular flexibility index (Phi) is 9.73. The molecule has 1 unspecified atom stereocenters. The molecule has 190 valence electrons. The molecule has 1 N–H and O–H groups in total. The molecular weight excluding hydrogens is 436 g/mol. The fraction of sp³-hybridized carbons (Fsp3) is 0.517. The highest BCUT2D eigenvalue weighted by Crippen LogP contribution is 2.28. The Morgan fingerprint density at radius 3 is 2.09 bits per heavy atom. The number of nitrogens with one attached hydrogen (secondary N) is 1. The SMILES string of the molecule is CCC(CC)C(=O)Nc1ccc(N2CCN(C(C(=O)N(CC)CC)c3ccccc3)CC2)cc1C. The number of nitrogens with zero attached hydrogens (tertiary/aromatic N) is 3. The van der Waals surface area contributed by atoms with Gasteiger partial charge in [0.05, 0.1) is 0 Å². The summed E-state index contributed by atoms with van der Waals surface area (Å²) in [7, 11) is 0.